The second kappa shape index (κ2) is 4.97. The Hall–Kier alpha value is -0.570. The minimum atomic E-state index is -0.508. The third kappa shape index (κ3) is 3.20. The average molecular weight is 228 g/mol. The molecular formula is C12H18ClNO. The molecule has 0 bridgehead atoms. The van der Waals surface area contributed by atoms with Crippen molar-refractivity contribution >= 4 is 12.4 Å². The molecule has 1 heterocycles. The second-order valence-corrected chi connectivity index (χ2v) is 4.37. The summed E-state index contributed by atoms with van der Waals surface area (Å²) in [6, 6.07) is 10.6. The molecule has 0 aliphatic carbocycles. The van der Waals surface area contributed by atoms with Gasteiger partial charge in [-0.2, -0.15) is 0 Å². The number of benzene rings is 1. The Bertz CT molecular complexity index is 300. The van der Waals surface area contributed by atoms with Gasteiger partial charge >= 0.3 is 0 Å². The highest BCUT2D eigenvalue weighted by molar-refractivity contribution is 5.85. The van der Waals surface area contributed by atoms with Gasteiger partial charge in [0.25, 0.3) is 0 Å². The van der Waals surface area contributed by atoms with Crippen LogP contribution in [0.4, 0.5) is 0 Å². The summed E-state index contributed by atoms with van der Waals surface area (Å²) in [6.07, 6.45) is 1.65. The van der Waals surface area contributed by atoms with Gasteiger partial charge in [-0.1, -0.05) is 30.3 Å². The van der Waals surface area contributed by atoms with E-state index < -0.39 is 5.60 Å². The van der Waals surface area contributed by atoms with Crippen molar-refractivity contribution in [3.05, 3.63) is 35.9 Å². The number of rotatable bonds is 1. The van der Waals surface area contributed by atoms with Gasteiger partial charge < -0.3 is 10.4 Å². The van der Waals surface area contributed by atoms with E-state index in [2.05, 4.69) is 17.4 Å². The highest BCUT2D eigenvalue weighted by Gasteiger charge is 2.29. The van der Waals surface area contributed by atoms with Crippen molar-refractivity contribution in [2.24, 2.45) is 0 Å². The van der Waals surface area contributed by atoms with Crippen LogP contribution in [0.3, 0.4) is 0 Å². The van der Waals surface area contributed by atoms with E-state index in [1.807, 2.05) is 25.1 Å². The number of hydrogen-bond donors (Lipinski definition) is 2. The monoisotopic (exact) mass is 227 g/mol. The number of hydrogen-bond acceptors (Lipinski definition) is 2. The summed E-state index contributed by atoms with van der Waals surface area (Å²) in [5.74, 6) is 0. The zero-order chi connectivity index (χ0) is 10.0. The summed E-state index contributed by atoms with van der Waals surface area (Å²) >= 11 is 0. The molecule has 1 aliphatic heterocycles. The van der Waals surface area contributed by atoms with Crippen LogP contribution in [0.15, 0.2) is 30.3 Å². The lowest BCUT2D eigenvalue weighted by molar-refractivity contribution is 0.0132. The largest absolute Gasteiger partial charge is 0.390 e. The zero-order valence-electron chi connectivity index (χ0n) is 8.94. The fourth-order valence-electron chi connectivity index (χ4n) is 2.05. The van der Waals surface area contributed by atoms with Gasteiger partial charge in [0.15, 0.2) is 0 Å². The number of halogens is 1. The van der Waals surface area contributed by atoms with Crippen LogP contribution in [0.2, 0.25) is 0 Å². The first-order valence-electron chi connectivity index (χ1n) is 5.18. The van der Waals surface area contributed by atoms with E-state index in [0.717, 1.165) is 19.4 Å². The molecule has 0 aromatic heterocycles. The fourth-order valence-corrected chi connectivity index (χ4v) is 2.05. The molecule has 0 amide bonds. The smallest absolute Gasteiger partial charge is 0.0650 e. The van der Waals surface area contributed by atoms with E-state index in [9.17, 15) is 5.11 Å². The maximum absolute atomic E-state index is 9.97. The second-order valence-electron chi connectivity index (χ2n) is 4.37. The van der Waals surface area contributed by atoms with Gasteiger partial charge in [0.05, 0.1) is 5.60 Å². The first-order chi connectivity index (χ1) is 6.67. The van der Waals surface area contributed by atoms with Gasteiger partial charge in [0, 0.05) is 6.04 Å². The molecule has 2 atom stereocenters. The van der Waals surface area contributed by atoms with Crippen LogP contribution in [0.25, 0.3) is 0 Å². The minimum Gasteiger partial charge on any atom is -0.390 e. The first-order valence-corrected chi connectivity index (χ1v) is 5.18. The predicted octanol–water partition coefficient (Wildman–Crippen LogP) is 2.28. The van der Waals surface area contributed by atoms with E-state index in [-0.39, 0.29) is 12.4 Å². The molecule has 1 aromatic carbocycles. The maximum Gasteiger partial charge on any atom is 0.0650 e. The molecule has 2 rings (SSSR count). The van der Waals surface area contributed by atoms with Gasteiger partial charge in [-0.3, -0.25) is 0 Å². The third-order valence-electron chi connectivity index (χ3n) is 2.90. The first kappa shape index (κ1) is 12.5. The van der Waals surface area contributed by atoms with Gasteiger partial charge in [-0.05, 0) is 31.9 Å². The Morgan fingerprint density at radius 3 is 2.60 bits per heavy atom. The quantitative estimate of drug-likeness (QED) is 0.772. The van der Waals surface area contributed by atoms with Crippen LogP contribution in [-0.4, -0.2) is 17.3 Å². The molecule has 2 nitrogen and oxygen atoms in total. The highest BCUT2D eigenvalue weighted by Crippen LogP contribution is 2.29. The Kier molecular flexibility index (Phi) is 4.14. The van der Waals surface area contributed by atoms with Crippen LogP contribution in [-0.2, 0) is 0 Å². The number of aliphatic hydroxyl groups is 1. The van der Waals surface area contributed by atoms with Crippen LogP contribution < -0.4 is 5.32 Å². The molecule has 1 saturated heterocycles. The molecule has 0 spiro atoms. The van der Waals surface area contributed by atoms with E-state index in [1.165, 1.54) is 5.56 Å². The summed E-state index contributed by atoms with van der Waals surface area (Å²) < 4.78 is 0. The van der Waals surface area contributed by atoms with Crippen molar-refractivity contribution in [3.63, 3.8) is 0 Å². The summed E-state index contributed by atoms with van der Waals surface area (Å²) in [5, 5.41) is 13.4. The Morgan fingerprint density at radius 2 is 2.00 bits per heavy atom. The average Bonchev–Trinajstić information content (AvgIpc) is 2.18. The number of piperidine rings is 1. The molecule has 0 radical (unpaired) electrons. The molecule has 0 unspecified atom stereocenters. The standard InChI is InChI=1S/C12H17NO.ClH/c1-12(14)7-8-13-11(9-12)10-5-3-2-4-6-10;/h2-6,11,13-14H,7-9H2,1H3;1H/t11-,12+;/m0./s1. The maximum atomic E-state index is 9.97. The summed E-state index contributed by atoms with van der Waals surface area (Å²) in [5.41, 5.74) is 0.763. The lowest BCUT2D eigenvalue weighted by atomic mass is 9.86. The van der Waals surface area contributed by atoms with Crippen molar-refractivity contribution in [1.82, 2.24) is 5.32 Å². The minimum absolute atomic E-state index is 0. The summed E-state index contributed by atoms with van der Waals surface area (Å²) in [6.45, 7) is 2.82. The molecule has 1 fully saturated rings. The molecule has 0 saturated carbocycles. The van der Waals surface area contributed by atoms with Crippen molar-refractivity contribution in [2.75, 3.05) is 6.54 Å². The van der Waals surface area contributed by atoms with Crippen molar-refractivity contribution in [2.45, 2.75) is 31.4 Å². The van der Waals surface area contributed by atoms with Gasteiger partial charge in [-0.15, -0.1) is 12.4 Å². The summed E-state index contributed by atoms with van der Waals surface area (Å²) in [4.78, 5) is 0. The Balaban J connectivity index is 0.00000112. The van der Waals surface area contributed by atoms with Gasteiger partial charge in [0.2, 0.25) is 0 Å². The molecule has 15 heavy (non-hydrogen) atoms. The van der Waals surface area contributed by atoms with Crippen LogP contribution in [0, 0.1) is 0 Å². The predicted molar refractivity (Wildman–Crippen MR) is 64.3 cm³/mol. The van der Waals surface area contributed by atoms with Gasteiger partial charge in [-0.25, -0.2) is 0 Å². The molecular weight excluding hydrogens is 210 g/mol. The Morgan fingerprint density at radius 1 is 1.33 bits per heavy atom. The lowest BCUT2D eigenvalue weighted by Crippen LogP contribution is -2.41. The van der Waals surface area contributed by atoms with Crippen LogP contribution in [0.1, 0.15) is 31.4 Å². The van der Waals surface area contributed by atoms with E-state index in [4.69, 9.17) is 0 Å². The molecule has 1 aromatic rings. The van der Waals surface area contributed by atoms with Crippen LogP contribution in [0.5, 0.6) is 0 Å². The summed E-state index contributed by atoms with van der Waals surface area (Å²) in [7, 11) is 0. The van der Waals surface area contributed by atoms with Crippen molar-refractivity contribution in [1.29, 1.82) is 0 Å². The van der Waals surface area contributed by atoms with E-state index in [0.29, 0.717) is 6.04 Å². The SMILES string of the molecule is C[C@@]1(O)CCN[C@H](c2ccccc2)C1.Cl. The molecule has 1 aliphatic rings. The molecule has 3 heteroatoms. The molecule has 84 valence electrons. The fraction of sp³-hybridized carbons (Fsp3) is 0.500. The van der Waals surface area contributed by atoms with E-state index in [1.54, 1.807) is 0 Å². The van der Waals surface area contributed by atoms with E-state index >= 15 is 0 Å². The number of nitrogens with one attached hydrogen (secondary N) is 1. The molecule has 2 N–H and O–H groups in total. The zero-order valence-corrected chi connectivity index (χ0v) is 9.76. The highest BCUT2D eigenvalue weighted by atomic mass is 35.5. The van der Waals surface area contributed by atoms with Crippen LogP contribution >= 0.6 is 12.4 Å². The van der Waals surface area contributed by atoms with Crippen molar-refractivity contribution in [3.8, 4) is 0 Å². The topological polar surface area (TPSA) is 32.3 Å². The van der Waals surface area contributed by atoms with Gasteiger partial charge in [0.1, 0.15) is 0 Å². The van der Waals surface area contributed by atoms with Crippen molar-refractivity contribution < 1.29 is 5.11 Å². The Labute approximate surface area is 97.1 Å². The third-order valence-corrected chi connectivity index (χ3v) is 2.90. The lowest BCUT2D eigenvalue weighted by Gasteiger charge is -2.35. The normalized spacial score (nSPS) is 30.7.